The SMILES string of the molecule is CCCCCNC(=NC)N(C)Cc1ccc(OC)cc1OC.I. The first kappa shape index (κ1) is 21.8. The minimum atomic E-state index is 0. The van der Waals surface area contributed by atoms with E-state index in [1.807, 2.05) is 32.3 Å². The van der Waals surface area contributed by atoms with Crippen molar-refractivity contribution >= 4 is 29.9 Å². The zero-order chi connectivity index (χ0) is 16.4. The molecule has 0 aliphatic rings. The van der Waals surface area contributed by atoms with Crippen molar-refractivity contribution in [3.63, 3.8) is 0 Å². The van der Waals surface area contributed by atoms with E-state index >= 15 is 0 Å². The van der Waals surface area contributed by atoms with Gasteiger partial charge in [0.15, 0.2) is 5.96 Å². The molecule has 0 amide bonds. The standard InChI is InChI=1S/C17H29N3O2.HI/c1-6-7-8-11-19-17(18-2)20(3)13-14-9-10-15(21-4)12-16(14)22-5;/h9-10,12H,6-8,11,13H2,1-5H3,(H,18,19);1H. The number of aliphatic imine (C=N–C) groups is 1. The van der Waals surface area contributed by atoms with Gasteiger partial charge in [-0.25, -0.2) is 0 Å². The molecule has 0 aliphatic carbocycles. The first-order chi connectivity index (χ1) is 10.7. The van der Waals surface area contributed by atoms with E-state index in [2.05, 4.69) is 22.1 Å². The molecule has 23 heavy (non-hydrogen) atoms. The van der Waals surface area contributed by atoms with E-state index in [0.717, 1.165) is 42.5 Å². The maximum absolute atomic E-state index is 5.45. The van der Waals surface area contributed by atoms with Gasteiger partial charge in [0.05, 0.1) is 14.2 Å². The summed E-state index contributed by atoms with van der Waals surface area (Å²) in [6.45, 7) is 3.88. The molecule has 1 aromatic rings. The van der Waals surface area contributed by atoms with Crippen molar-refractivity contribution in [3.05, 3.63) is 23.8 Å². The number of hydrogen-bond acceptors (Lipinski definition) is 3. The van der Waals surface area contributed by atoms with Gasteiger partial charge in [0, 0.05) is 38.8 Å². The molecule has 0 aromatic heterocycles. The molecule has 0 bridgehead atoms. The fraction of sp³-hybridized carbons (Fsp3) is 0.588. The predicted molar refractivity (Wildman–Crippen MR) is 107 cm³/mol. The number of nitrogens with one attached hydrogen (secondary N) is 1. The summed E-state index contributed by atoms with van der Waals surface area (Å²) in [4.78, 5) is 6.43. The van der Waals surface area contributed by atoms with Crippen LogP contribution in [0.5, 0.6) is 11.5 Å². The van der Waals surface area contributed by atoms with Crippen molar-refractivity contribution in [3.8, 4) is 11.5 Å². The molecule has 0 fully saturated rings. The van der Waals surface area contributed by atoms with E-state index in [1.54, 1.807) is 14.2 Å². The van der Waals surface area contributed by atoms with Gasteiger partial charge in [-0.15, -0.1) is 24.0 Å². The Labute approximate surface area is 157 Å². The highest BCUT2D eigenvalue weighted by Gasteiger charge is 2.10. The van der Waals surface area contributed by atoms with Crippen molar-refractivity contribution in [1.82, 2.24) is 10.2 Å². The third-order valence-electron chi connectivity index (χ3n) is 3.54. The summed E-state index contributed by atoms with van der Waals surface area (Å²) in [5.41, 5.74) is 1.10. The predicted octanol–water partition coefficient (Wildman–Crippen LogP) is 3.52. The molecule has 0 saturated carbocycles. The van der Waals surface area contributed by atoms with Crippen LogP contribution in [0.4, 0.5) is 0 Å². The van der Waals surface area contributed by atoms with E-state index in [0.29, 0.717) is 0 Å². The van der Waals surface area contributed by atoms with Gasteiger partial charge >= 0.3 is 0 Å². The molecule has 132 valence electrons. The van der Waals surface area contributed by atoms with Gasteiger partial charge < -0.3 is 19.7 Å². The second-order valence-corrected chi connectivity index (χ2v) is 5.21. The summed E-state index contributed by atoms with van der Waals surface area (Å²) < 4.78 is 10.7. The van der Waals surface area contributed by atoms with Crippen molar-refractivity contribution in [2.24, 2.45) is 4.99 Å². The smallest absolute Gasteiger partial charge is 0.193 e. The number of hydrogen-bond donors (Lipinski definition) is 1. The van der Waals surface area contributed by atoms with Gasteiger partial charge in [0.25, 0.3) is 0 Å². The van der Waals surface area contributed by atoms with Crippen LogP contribution in [-0.4, -0.2) is 45.7 Å². The molecule has 0 heterocycles. The van der Waals surface area contributed by atoms with Crippen LogP contribution in [0.3, 0.4) is 0 Å². The number of benzene rings is 1. The second-order valence-electron chi connectivity index (χ2n) is 5.21. The lowest BCUT2D eigenvalue weighted by molar-refractivity contribution is 0.382. The lowest BCUT2D eigenvalue weighted by Gasteiger charge is -2.23. The third-order valence-corrected chi connectivity index (χ3v) is 3.54. The highest BCUT2D eigenvalue weighted by molar-refractivity contribution is 14.0. The molecule has 1 rings (SSSR count). The number of unbranched alkanes of at least 4 members (excludes halogenated alkanes) is 2. The molecule has 0 atom stereocenters. The normalized spacial score (nSPS) is 10.7. The molecule has 0 radical (unpaired) electrons. The second kappa shape index (κ2) is 12.3. The molecule has 0 spiro atoms. The Balaban J connectivity index is 0.00000484. The Morgan fingerprint density at radius 3 is 2.52 bits per heavy atom. The van der Waals surface area contributed by atoms with Crippen LogP contribution in [0.2, 0.25) is 0 Å². The number of methoxy groups -OCH3 is 2. The molecular weight excluding hydrogens is 405 g/mol. The van der Waals surface area contributed by atoms with E-state index < -0.39 is 0 Å². The molecule has 1 aromatic carbocycles. The minimum absolute atomic E-state index is 0. The Kier molecular flexibility index (Phi) is 11.6. The van der Waals surface area contributed by atoms with Crippen molar-refractivity contribution in [1.29, 1.82) is 0 Å². The summed E-state index contributed by atoms with van der Waals surface area (Å²) in [5.74, 6) is 2.52. The summed E-state index contributed by atoms with van der Waals surface area (Å²) in [6.07, 6.45) is 3.62. The summed E-state index contributed by atoms with van der Waals surface area (Å²) in [5, 5.41) is 3.39. The van der Waals surface area contributed by atoms with E-state index in [-0.39, 0.29) is 24.0 Å². The van der Waals surface area contributed by atoms with Crippen LogP contribution in [0.25, 0.3) is 0 Å². The van der Waals surface area contributed by atoms with Crippen LogP contribution in [0.15, 0.2) is 23.2 Å². The highest BCUT2D eigenvalue weighted by atomic mass is 127. The van der Waals surface area contributed by atoms with Crippen LogP contribution < -0.4 is 14.8 Å². The summed E-state index contributed by atoms with van der Waals surface area (Å²) in [7, 11) is 7.17. The Hall–Kier alpha value is -1.18. The molecular formula is C17H30IN3O2. The zero-order valence-electron chi connectivity index (χ0n) is 14.9. The lowest BCUT2D eigenvalue weighted by Crippen LogP contribution is -2.38. The monoisotopic (exact) mass is 435 g/mol. The number of ether oxygens (including phenoxy) is 2. The fourth-order valence-electron chi connectivity index (χ4n) is 2.27. The van der Waals surface area contributed by atoms with Gasteiger partial charge in [0.2, 0.25) is 0 Å². The van der Waals surface area contributed by atoms with E-state index in [4.69, 9.17) is 9.47 Å². The maximum Gasteiger partial charge on any atom is 0.193 e. The van der Waals surface area contributed by atoms with Gasteiger partial charge in [-0.1, -0.05) is 19.8 Å². The Morgan fingerprint density at radius 2 is 1.96 bits per heavy atom. The lowest BCUT2D eigenvalue weighted by atomic mass is 10.2. The topological polar surface area (TPSA) is 46.1 Å². The van der Waals surface area contributed by atoms with Gasteiger partial charge in [-0.3, -0.25) is 4.99 Å². The molecule has 5 nitrogen and oxygen atoms in total. The van der Waals surface area contributed by atoms with Gasteiger partial charge in [-0.05, 0) is 18.6 Å². The van der Waals surface area contributed by atoms with Gasteiger partial charge in [-0.2, -0.15) is 0 Å². The first-order valence-electron chi connectivity index (χ1n) is 7.78. The van der Waals surface area contributed by atoms with Crippen LogP contribution in [0.1, 0.15) is 31.7 Å². The number of halogens is 1. The molecule has 0 saturated heterocycles. The van der Waals surface area contributed by atoms with Crippen molar-refractivity contribution in [2.45, 2.75) is 32.7 Å². The van der Waals surface area contributed by atoms with Crippen molar-refractivity contribution < 1.29 is 9.47 Å². The fourth-order valence-corrected chi connectivity index (χ4v) is 2.27. The zero-order valence-corrected chi connectivity index (χ0v) is 17.2. The van der Waals surface area contributed by atoms with Crippen LogP contribution in [0, 0.1) is 0 Å². The van der Waals surface area contributed by atoms with Crippen LogP contribution in [-0.2, 0) is 6.54 Å². The van der Waals surface area contributed by atoms with Crippen molar-refractivity contribution in [2.75, 3.05) is 34.9 Å². The molecule has 0 aliphatic heterocycles. The molecule has 6 heteroatoms. The summed E-state index contributed by atoms with van der Waals surface area (Å²) in [6, 6.07) is 5.88. The third kappa shape index (κ3) is 7.28. The summed E-state index contributed by atoms with van der Waals surface area (Å²) >= 11 is 0. The first-order valence-corrected chi connectivity index (χ1v) is 7.78. The Bertz CT molecular complexity index is 481. The average molecular weight is 435 g/mol. The van der Waals surface area contributed by atoms with E-state index in [9.17, 15) is 0 Å². The molecule has 0 unspecified atom stereocenters. The van der Waals surface area contributed by atoms with Crippen LogP contribution >= 0.6 is 24.0 Å². The molecule has 1 N–H and O–H groups in total. The maximum atomic E-state index is 5.45. The highest BCUT2D eigenvalue weighted by Crippen LogP contribution is 2.25. The number of nitrogens with zero attached hydrogens (tertiary/aromatic N) is 2. The number of rotatable bonds is 8. The quantitative estimate of drug-likeness (QED) is 0.294. The van der Waals surface area contributed by atoms with Gasteiger partial charge in [0.1, 0.15) is 11.5 Å². The average Bonchev–Trinajstić information content (AvgIpc) is 2.55. The Morgan fingerprint density at radius 1 is 1.22 bits per heavy atom. The largest absolute Gasteiger partial charge is 0.497 e. The minimum Gasteiger partial charge on any atom is -0.497 e. The number of guanidine groups is 1. The van der Waals surface area contributed by atoms with E-state index in [1.165, 1.54) is 12.8 Å².